The molecule has 1 amide bonds. The molecule has 6 nitrogen and oxygen atoms in total. The molecule has 1 atom stereocenters. The molecule has 3 N–H and O–H groups in total. The number of hydrogen-bond donors (Lipinski definition) is 3. The molecule has 0 fully saturated rings. The molecule has 0 saturated heterocycles. The molecule has 0 aliphatic carbocycles. The van der Waals surface area contributed by atoms with Gasteiger partial charge in [0.05, 0.1) is 17.8 Å². The zero-order valence-corrected chi connectivity index (χ0v) is 12.8. The van der Waals surface area contributed by atoms with Crippen LogP contribution in [0.5, 0.6) is 5.75 Å². The van der Waals surface area contributed by atoms with Crippen LogP contribution in [-0.4, -0.2) is 23.3 Å². The Hall–Kier alpha value is -3.40. The van der Waals surface area contributed by atoms with E-state index in [-0.39, 0.29) is 5.75 Å². The molecule has 2 aromatic rings. The van der Waals surface area contributed by atoms with Gasteiger partial charge < -0.3 is 10.4 Å². The quantitative estimate of drug-likeness (QED) is 0.580. The molecule has 0 saturated carbocycles. The second kappa shape index (κ2) is 7.74. The Kier molecular flexibility index (Phi) is 5.47. The smallest absolute Gasteiger partial charge is 0.262 e. The van der Waals surface area contributed by atoms with Crippen LogP contribution in [0.3, 0.4) is 0 Å². The number of anilines is 1. The van der Waals surface area contributed by atoms with E-state index in [9.17, 15) is 14.3 Å². The molecule has 2 rings (SSSR count). The second-order valence-corrected chi connectivity index (χ2v) is 5.00. The largest absolute Gasteiger partial charge is 0.507 e. The summed E-state index contributed by atoms with van der Waals surface area (Å²) >= 11 is 0. The highest BCUT2D eigenvalue weighted by Crippen LogP contribution is 2.16. The summed E-state index contributed by atoms with van der Waals surface area (Å²) in [6.07, 6.45) is 1.24. The number of nitrogens with zero attached hydrogens (tertiary/aromatic N) is 2. The minimum Gasteiger partial charge on any atom is -0.507 e. The molecule has 0 heterocycles. The van der Waals surface area contributed by atoms with Crippen molar-refractivity contribution < 1.29 is 14.3 Å². The van der Waals surface area contributed by atoms with Crippen molar-refractivity contribution in [2.24, 2.45) is 5.10 Å². The van der Waals surface area contributed by atoms with Crippen molar-refractivity contribution in [3.05, 3.63) is 59.4 Å². The lowest BCUT2D eigenvalue weighted by Gasteiger charge is -2.13. The van der Waals surface area contributed by atoms with Gasteiger partial charge in [-0.25, -0.2) is 9.82 Å². The van der Waals surface area contributed by atoms with Gasteiger partial charge in [-0.1, -0.05) is 6.07 Å². The first-order valence-corrected chi connectivity index (χ1v) is 7.07. The number of rotatable bonds is 5. The first-order valence-electron chi connectivity index (χ1n) is 7.07. The zero-order valence-electron chi connectivity index (χ0n) is 12.8. The standard InChI is InChI=1S/C17H15FN4O2/c1-11(21-15-4-2-3-14(18)8-15)17(24)22-20-10-13-7-12(9-19)5-6-16(13)23/h2-8,10-11,21,23H,1H3,(H,22,24). The number of nitriles is 1. The van der Waals surface area contributed by atoms with Crippen LogP contribution >= 0.6 is 0 Å². The summed E-state index contributed by atoms with van der Waals surface area (Å²) < 4.78 is 13.1. The number of benzene rings is 2. The van der Waals surface area contributed by atoms with Crippen LogP contribution in [0.2, 0.25) is 0 Å². The Balaban J connectivity index is 1.96. The van der Waals surface area contributed by atoms with Crippen LogP contribution in [0.1, 0.15) is 18.1 Å². The number of carbonyl (C=O) groups excluding carboxylic acids is 1. The Bertz CT molecular complexity index is 814. The van der Waals surface area contributed by atoms with E-state index in [0.717, 1.165) is 0 Å². The predicted molar refractivity (Wildman–Crippen MR) is 88.0 cm³/mol. The lowest BCUT2D eigenvalue weighted by Crippen LogP contribution is -2.34. The van der Waals surface area contributed by atoms with Crippen LogP contribution in [-0.2, 0) is 4.79 Å². The predicted octanol–water partition coefficient (Wildman–Crippen LogP) is 2.35. The van der Waals surface area contributed by atoms with Gasteiger partial charge in [-0.15, -0.1) is 0 Å². The van der Waals surface area contributed by atoms with E-state index in [0.29, 0.717) is 16.8 Å². The highest BCUT2D eigenvalue weighted by molar-refractivity contribution is 5.87. The molecule has 2 aromatic carbocycles. The minimum atomic E-state index is -0.650. The number of halogens is 1. The molecule has 0 spiro atoms. The molecule has 24 heavy (non-hydrogen) atoms. The maximum atomic E-state index is 13.1. The molecular formula is C17H15FN4O2. The highest BCUT2D eigenvalue weighted by atomic mass is 19.1. The Morgan fingerprint density at radius 1 is 1.38 bits per heavy atom. The fourth-order valence-corrected chi connectivity index (χ4v) is 1.88. The van der Waals surface area contributed by atoms with Crippen molar-refractivity contribution in [3.63, 3.8) is 0 Å². The molecule has 0 bridgehead atoms. The number of aromatic hydroxyl groups is 1. The number of carbonyl (C=O) groups is 1. The average Bonchev–Trinajstić information content (AvgIpc) is 2.56. The number of phenols is 1. The summed E-state index contributed by atoms with van der Waals surface area (Å²) in [6, 6.07) is 11.3. The third-order valence-corrected chi connectivity index (χ3v) is 3.14. The number of amides is 1. The summed E-state index contributed by atoms with van der Waals surface area (Å²) in [5.74, 6) is -0.900. The lowest BCUT2D eigenvalue weighted by molar-refractivity contribution is -0.121. The van der Waals surface area contributed by atoms with E-state index < -0.39 is 17.8 Å². The highest BCUT2D eigenvalue weighted by Gasteiger charge is 2.12. The van der Waals surface area contributed by atoms with Gasteiger partial charge in [0.1, 0.15) is 17.6 Å². The summed E-state index contributed by atoms with van der Waals surface area (Å²) in [7, 11) is 0. The molecule has 0 aliphatic rings. The molecule has 122 valence electrons. The van der Waals surface area contributed by atoms with Gasteiger partial charge in [0.25, 0.3) is 5.91 Å². The van der Waals surface area contributed by atoms with Crippen molar-refractivity contribution in [2.45, 2.75) is 13.0 Å². The van der Waals surface area contributed by atoms with Crippen LogP contribution < -0.4 is 10.7 Å². The first-order chi connectivity index (χ1) is 11.5. The Labute approximate surface area is 138 Å². The minimum absolute atomic E-state index is 0.0575. The third-order valence-electron chi connectivity index (χ3n) is 3.14. The molecule has 0 aromatic heterocycles. The Morgan fingerprint density at radius 3 is 2.88 bits per heavy atom. The van der Waals surface area contributed by atoms with Crippen LogP contribution in [0.25, 0.3) is 0 Å². The summed E-state index contributed by atoms with van der Waals surface area (Å²) in [4.78, 5) is 11.9. The molecule has 0 radical (unpaired) electrons. The van der Waals surface area contributed by atoms with Gasteiger partial charge >= 0.3 is 0 Å². The van der Waals surface area contributed by atoms with Crippen molar-refractivity contribution in [3.8, 4) is 11.8 Å². The van der Waals surface area contributed by atoms with E-state index in [2.05, 4.69) is 15.8 Å². The monoisotopic (exact) mass is 326 g/mol. The fourth-order valence-electron chi connectivity index (χ4n) is 1.88. The number of hydrazone groups is 1. The number of phenolic OH excluding ortho intramolecular Hbond substituents is 1. The topological polar surface area (TPSA) is 97.5 Å². The van der Waals surface area contributed by atoms with E-state index in [4.69, 9.17) is 5.26 Å². The normalized spacial score (nSPS) is 11.7. The third kappa shape index (κ3) is 4.55. The molecular weight excluding hydrogens is 311 g/mol. The van der Waals surface area contributed by atoms with E-state index in [1.165, 1.54) is 42.6 Å². The van der Waals surface area contributed by atoms with Crippen LogP contribution in [0.15, 0.2) is 47.6 Å². The molecule has 1 unspecified atom stereocenters. The van der Waals surface area contributed by atoms with Gasteiger partial charge in [-0.05, 0) is 43.3 Å². The van der Waals surface area contributed by atoms with E-state index in [1.54, 1.807) is 13.0 Å². The fraction of sp³-hybridized carbons (Fsp3) is 0.118. The summed E-state index contributed by atoms with van der Waals surface area (Å²) in [5.41, 5.74) is 3.45. The maximum absolute atomic E-state index is 13.1. The summed E-state index contributed by atoms with van der Waals surface area (Å²) in [6.45, 7) is 1.60. The van der Waals surface area contributed by atoms with Crippen molar-refractivity contribution >= 4 is 17.8 Å². The molecule has 0 aliphatic heterocycles. The Morgan fingerprint density at radius 2 is 2.17 bits per heavy atom. The van der Waals surface area contributed by atoms with Gasteiger partial charge in [0.2, 0.25) is 0 Å². The zero-order chi connectivity index (χ0) is 17.5. The average molecular weight is 326 g/mol. The molecule has 7 heteroatoms. The van der Waals surface area contributed by atoms with E-state index >= 15 is 0 Å². The maximum Gasteiger partial charge on any atom is 0.262 e. The van der Waals surface area contributed by atoms with Gasteiger partial charge in [0, 0.05) is 11.3 Å². The second-order valence-electron chi connectivity index (χ2n) is 5.00. The number of hydrogen-bond acceptors (Lipinski definition) is 5. The van der Waals surface area contributed by atoms with Gasteiger partial charge in [-0.3, -0.25) is 4.79 Å². The van der Waals surface area contributed by atoms with Crippen molar-refractivity contribution in [2.75, 3.05) is 5.32 Å². The van der Waals surface area contributed by atoms with Crippen molar-refractivity contribution in [1.82, 2.24) is 5.43 Å². The van der Waals surface area contributed by atoms with Crippen LogP contribution in [0, 0.1) is 17.1 Å². The summed E-state index contributed by atoms with van der Waals surface area (Å²) in [5, 5.41) is 25.1. The SMILES string of the molecule is CC(Nc1cccc(F)c1)C(=O)NN=Cc1cc(C#N)ccc1O. The van der Waals surface area contributed by atoms with E-state index in [1.807, 2.05) is 6.07 Å². The lowest BCUT2D eigenvalue weighted by atomic mass is 10.1. The van der Waals surface area contributed by atoms with Crippen molar-refractivity contribution in [1.29, 1.82) is 5.26 Å². The van der Waals surface area contributed by atoms with Gasteiger partial charge in [-0.2, -0.15) is 10.4 Å². The first kappa shape index (κ1) is 17.0. The van der Waals surface area contributed by atoms with Crippen LogP contribution in [0.4, 0.5) is 10.1 Å². The van der Waals surface area contributed by atoms with Gasteiger partial charge in [0.15, 0.2) is 0 Å². The number of nitrogens with one attached hydrogen (secondary N) is 2.